The average Bonchev–Trinajstić information content (AvgIpc) is 2.69. The van der Waals surface area contributed by atoms with Crippen LogP contribution in [0.4, 0.5) is 5.69 Å². The molecule has 0 aliphatic rings. The fourth-order valence-corrected chi connectivity index (χ4v) is 3.43. The Morgan fingerprint density at radius 2 is 1.83 bits per heavy atom. The van der Waals surface area contributed by atoms with E-state index in [4.69, 9.17) is 14.6 Å². The lowest BCUT2D eigenvalue weighted by atomic mass is 10.3. The van der Waals surface area contributed by atoms with E-state index >= 15 is 0 Å². The van der Waals surface area contributed by atoms with E-state index in [2.05, 4.69) is 10.6 Å². The monoisotopic (exact) mass is 444 g/mol. The number of aliphatic hydroxyl groups is 1. The Bertz CT molecular complexity index is 726. The predicted octanol–water partition coefficient (Wildman–Crippen LogP) is 0.129. The molecule has 11 heteroatoms. The first kappa shape index (κ1) is 25.5. The summed E-state index contributed by atoms with van der Waals surface area (Å²) in [5.41, 5.74) is 0.509. The number of hydrogen-bond acceptors (Lipinski definition) is 7. The summed E-state index contributed by atoms with van der Waals surface area (Å²) < 4.78 is 22.5. The lowest BCUT2D eigenvalue weighted by Crippen LogP contribution is -2.43. The standard InChI is InChI=1S/C19H28N2O8S/c1-3-28-10-15(23)11-29-16-6-4-14(5-7-16)21-18(24)8-9-30(27)12-17(19(25)26)20-13(2)22/h4-7,15,17,23H,3,8-12H2,1-2H3,(H,20,22)(H,21,24)(H,25,26)/t15?,17-,30?/m0/s1. The third kappa shape index (κ3) is 10.9. The van der Waals surface area contributed by atoms with Gasteiger partial charge in [-0.2, -0.15) is 0 Å². The smallest absolute Gasteiger partial charge is 0.327 e. The quantitative estimate of drug-likeness (QED) is 0.316. The number of nitrogens with one attached hydrogen (secondary N) is 2. The summed E-state index contributed by atoms with van der Waals surface area (Å²) in [6.07, 6.45) is -0.808. The summed E-state index contributed by atoms with van der Waals surface area (Å²) in [4.78, 5) is 34.0. The second-order valence-corrected chi connectivity index (χ2v) is 7.97. The third-order valence-corrected chi connectivity index (χ3v) is 5.04. The minimum atomic E-state index is -1.59. The normalized spacial score (nSPS) is 13.7. The molecule has 0 aromatic heterocycles. The lowest BCUT2D eigenvalue weighted by molar-refractivity contribution is -0.140. The predicted molar refractivity (Wildman–Crippen MR) is 111 cm³/mol. The number of aliphatic hydroxyl groups excluding tert-OH is 1. The van der Waals surface area contributed by atoms with Crippen LogP contribution in [-0.2, 0) is 29.9 Å². The Balaban J connectivity index is 2.39. The van der Waals surface area contributed by atoms with E-state index in [1.165, 1.54) is 6.92 Å². The molecular formula is C19H28N2O8S. The molecular weight excluding hydrogens is 416 g/mol. The van der Waals surface area contributed by atoms with Crippen LogP contribution in [0.5, 0.6) is 5.75 Å². The minimum Gasteiger partial charge on any atom is -0.491 e. The van der Waals surface area contributed by atoms with Gasteiger partial charge in [0.15, 0.2) is 0 Å². The zero-order valence-electron chi connectivity index (χ0n) is 17.0. The molecule has 30 heavy (non-hydrogen) atoms. The first-order valence-corrected chi connectivity index (χ1v) is 10.8. The van der Waals surface area contributed by atoms with E-state index in [0.29, 0.717) is 18.0 Å². The Labute approximate surface area is 177 Å². The van der Waals surface area contributed by atoms with Crippen LogP contribution in [0.15, 0.2) is 24.3 Å². The van der Waals surface area contributed by atoms with Crippen molar-refractivity contribution in [3.8, 4) is 5.75 Å². The van der Waals surface area contributed by atoms with Gasteiger partial charge in [-0.15, -0.1) is 0 Å². The van der Waals surface area contributed by atoms with Crippen LogP contribution in [-0.4, -0.2) is 75.7 Å². The molecule has 2 unspecified atom stereocenters. The number of carbonyl (C=O) groups is 3. The lowest BCUT2D eigenvalue weighted by Gasteiger charge is -2.13. The molecule has 0 aliphatic heterocycles. The van der Waals surface area contributed by atoms with Crippen molar-refractivity contribution in [3.63, 3.8) is 0 Å². The Hall–Kier alpha value is -2.50. The van der Waals surface area contributed by atoms with E-state index in [0.717, 1.165) is 0 Å². The van der Waals surface area contributed by atoms with Crippen molar-refractivity contribution < 1.29 is 38.3 Å². The largest absolute Gasteiger partial charge is 0.491 e. The molecule has 2 amide bonds. The molecule has 0 saturated heterocycles. The molecule has 1 aromatic carbocycles. The maximum absolute atomic E-state index is 12.0. The minimum absolute atomic E-state index is 0.0336. The summed E-state index contributed by atoms with van der Waals surface area (Å²) in [5.74, 6) is -1.99. The van der Waals surface area contributed by atoms with E-state index < -0.39 is 34.8 Å². The Morgan fingerprint density at radius 1 is 1.17 bits per heavy atom. The number of benzene rings is 1. The molecule has 0 spiro atoms. The first-order valence-electron chi connectivity index (χ1n) is 9.34. The van der Waals surface area contributed by atoms with E-state index in [1.54, 1.807) is 24.3 Å². The number of anilines is 1. The maximum atomic E-state index is 12.0. The van der Waals surface area contributed by atoms with Gasteiger partial charge in [0, 0.05) is 42.2 Å². The first-order chi connectivity index (χ1) is 14.2. The van der Waals surface area contributed by atoms with Gasteiger partial charge < -0.3 is 30.3 Å². The van der Waals surface area contributed by atoms with Crippen molar-refractivity contribution in [1.29, 1.82) is 0 Å². The zero-order chi connectivity index (χ0) is 22.5. The number of hydrogen-bond donors (Lipinski definition) is 4. The molecule has 1 aromatic rings. The van der Waals surface area contributed by atoms with Gasteiger partial charge in [-0.05, 0) is 31.2 Å². The van der Waals surface area contributed by atoms with Crippen LogP contribution in [0.1, 0.15) is 20.3 Å². The molecule has 0 saturated carbocycles. The van der Waals surface area contributed by atoms with Crippen LogP contribution in [0.2, 0.25) is 0 Å². The highest BCUT2D eigenvalue weighted by Gasteiger charge is 2.21. The molecule has 1 rings (SSSR count). The van der Waals surface area contributed by atoms with Crippen LogP contribution in [0, 0.1) is 0 Å². The van der Waals surface area contributed by atoms with Crippen molar-refractivity contribution in [2.75, 3.05) is 36.6 Å². The summed E-state index contributed by atoms with van der Waals surface area (Å²) >= 11 is 0. The number of amides is 2. The van der Waals surface area contributed by atoms with Crippen LogP contribution >= 0.6 is 0 Å². The van der Waals surface area contributed by atoms with Crippen LogP contribution in [0.3, 0.4) is 0 Å². The fourth-order valence-electron chi connectivity index (χ4n) is 2.25. The highest BCUT2D eigenvalue weighted by molar-refractivity contribution is 7.85. The van der Waals surface area contributed by atoms with Crippen molar-refractivity contribution >= 4 is 34.3 Å². The average molecular weight is 445 g/mol. The van der Waals surface area contributed by atoms with Crippen LogP contribution < -0.4 is 15.4 Å². The second kappa shape index (κ2) is 13.7. The number of aliphatic carboxylic acids is 1. The van der Waals surface area contributed by atoms with Crippen molar-refractivity contribution in [1.82, 2.24) is 5.32 Å². The summed E-state index contributed by atoms with van der Waals surface area (Å²) in [5, 5.41) is 23.5. The van der Waals surface area contributed by atoms with Gasteiger partial charge in [0.2, 0.25) is 11.8 Å². The molecule has 0 radical (unpaired) electrons. The summed E-state index contributed by atoms with van der Waals surface area (Å²) in [6.45, 7) is 3.77. The molecule has 0 bridgehead atoms. The van der Waals surface area contributed by atoms with Gasteiger partial charge in [-0.3, -0.25) is 13.8 Å². The second-order valence-electron chi connectivity index (χ2n) is 6.35. The van der Waals surface area contributed by atoms with Gasteiger partial charge in [0.25, 0.3) is 0 Å². The number of rotatable bonds is 14. The van der Waals surface area contributed by atoms with Gasteiger partial charge in [0.1, 0.15) is 24.5 Å². The topological polar surface area (TPSA) is 151 Å². The number of carboxylic acid groups (broad SMARTS) is 1. The van der Waals surface area contributed by atoms with Gasteiger partial charge in [0.05, 0.1) is 12.4 Å². The SMILES string of the molecule is CCOCC(O)COc1ccc(NC(=O)CCS(=O)C[C@H](NC(C)=O)C(=O)O)cc1. The Morgan fingerprint density at radius 3 is 2.40 bits per heavy atom. The van der Waals surface area contributed by atoms with Gasteiger partial charge in [-0.25, -0.2) is 4.79 Å². The molecule has 4 N–H and O–H groups in total. The van der Waals surface area contributed by atoms with E-state index in [9.17, 15) is 23.7 Å². The van der Waals surface area contributed by atoms with Crippen molar-refractivity contribution in [2.45, 2.75) is 32.4 Å². The highest BCUT2D eigenvalue weighted by atomic mass is 32.2. The fraction of sp³-hybridized carbons (Fsp3) is 0.526. The van der Waals surface area contributed by atoms with E-state index in [1.807, 2.05) is 6.92 Å². The Kier molecular flexibility index (Phi) is 11.6. The molecule has 3 atom stereocenters. The highest BCUT2D eigenvalue weighted by Crippen LogP contribution is 2.16. The third-order valence-electron chi connectivity index (χ3n) is 3.68. The maximum Gasteiger partial charge on any atom is 0.327 e. The van der Waals surface area contributed by atoms with E-state index in [-0.39, 0.29) is 37.0 Å². The van der Waals surface area contributed by atoms with Gasteiger partial charge >= 0.3 is 5.97 Å². The molecule has 0 fully saturated rings. The van der Waals surface area contributed by atoms with Crippen molar-refractivity contribution in [2.24, 2.45) is 0 Å². The summed E-state index contributed by atoms with van der Waals surface area (Å²) in [6, 6.07) is 5.25. The van der Waals surface area contributed by atoms with Crippen LogP contribution in [0.25, 0.3) is 0 Å². The number of ether oxygens (including phenoxy) is 2. The summed E-state index contributed by atoms with van der Waals surface area (Å²) in [7, 11) is -1.59. The number of carboxylic acids is 1. The molecule has 0 heterocycles. The van der Waals surface area contributed by atoms with Crippen molar-refractivity contribution in [3.05, 3.63) is 24.3 Å². The zero-order valence-corrected chi connectivity index (χ0v) is 17.8. The van der Waals surface area contributed by atoms with Gasteiger partial charge in [-0.1, -0.05) is 0 Å². The molecule has 0 aliphatic carbocycles. The molecule has 10 nitrogen and oxygen atoms in total. The molecule has 168 valence electrons. The number of carbonyl (C=O) groups excluding carboxylic acids is 2.